The highest BCUT2D eigenvalue weighted by atomic mass is 35.5. The van der Waals surface area contributed by atoms with E-state index in [2.05, 4.69) is 0 Å². The van der Waals surface area contributed by atoms with Gasteiger partial charge < -0.3 is 5.73 Å². The first-order valence-corrected chi connectivity index (χ1v) is 5.20. The van der Waals surface area contributed by atoms with Gasteiger partial charge in [0, 0.05) is 22.9 Å². The van der Waals surface area contributed by atoms with Crippen LogP contribution in [0.15, 0.2) is 18.2 Å². The van der Waals surface area contributed by atoms with Crippen LogP contribution < -0.4 is 5.73 Å². The SMILES string of the molecule is NC1(c2ccc(Cl)cc2Cl)CC(F)(F)C1. The number of benzene rings is 1. The summed E-state index contributed by atoms with van der Waals surface area (Å²) in [6, 6.07) is 4.73. The van der Waals surface area contributed by atoms with Crippen LogP contribution >= 0.6 is 23.2 Å². The largest absolute Gasteiger partial charge is 0.321 e. The molecule has 0 aromatic heterocycles. The first-order chi connectivity index (χ1) is 6.82. The van der Waals surface area contributed by atoms with Crippen LogP contribution in [0.25, 0.3) is 0 Å². The lowest BCUT2D eigenvalue weighted by molar-refractivity contribution is -0.125. The highest BCUT2D eigenvalue weighted by molar-refractivity contribution is 6.35. The molecule has 0 saturated heterocycles. The van der Waals surface area contributed by atoms with Crippen molar-refractivity contribution < 1.29 is 8.78 Å². The van der Waals surface area contributed by atoms with Gasteiger partial charge in [0.2, 0.25) is 0 Å². The third-order valence-electron chi connectivity index (χ3n) is 2.62. The molecular formula is C10H9Cl2F2N. The zero-order chi connectivity index (χ0) is 11.3. The van der Waals surface area contributed by atoms with Crippen LogP contribution in [0.1, 0.15) is 18.4 Å². The van der Waals surface area contributed by atoms with E-state index in [9.17, 15) is 8.78 Å². The Hall–Kier alpha value is -0.380. The molecule has 1 saturated carbocycles. The topological polar surface area (TPSA) is 26.0 Å². The average Bonchev–Trinajstić information content (AvgIpc) is 1.98. The molecule has 0 atom stereocenters. The summed E-state index contributed by atoms with van der Waals surface area (Å²) in [5, 5.41) is 0.818. The number of hydrogen-bond donors (Lipinski definition) is 1. The molecule has 1 aliphatic carbocycles. The lowest BCUT2D eigenvalue weighted by Gasteiger charge is -2.45. The summed E-state index contributed by atoms with van der Waals surface area (Å²) in [7, 11) is 0. The zero-order valence-corrected chi connectivity index (χ0v) is 9.25. The van der Waals surface area contributed by atoms with Gasteiger partial charge in [-0.25, -0.2) is 8.78 Å². The van der Waals surface area contributed by atoms with Crippen molar-refractivity contribution >= 4 is 23.2 Å². The molecule has 1 aliphatic rings. The van der Waals surface area contributed by atoms with Gasteiger partial charge in [0.1, 0.15) is 0 Å². The van der Waals surface area contributed by atoms with Gasteiger partial charge in [0.15, 0.2) is 0 Å². The van der Waals surface area contributed by atoms with Crippen molar-refractivity contribution in [2.45, 2.75) is 24.3 Å². The van der Waals surface area contributed by atoms with Crippen LogP contribution in [0.3, 0.4) is 0 Å². The Morgan fingerprint density at radius 3 is 2.27 bits per heavy atom. The van der Waals surface area contributed by atoms with Gasteiger partial charge in [0.05, 0.1) is 5.54 Å². The molecule has 0 heterocycles. The molecule has 0 unspecified atom stereocenters. The van der Waals surface area contributed by atoms with Crippen LogP contribution in [0.4, 0.5) is 8.78 Å². The summed E-state index contributed by atoms with van der Waals surface area (Å²) >= 11 is 11.6. The van der Waals surface area contributed by atoms with Gasteiger partial charge in [-0.15, -0.1) is 0 Å². The highest BCUT2D eigenvalue weighted by Gasteiger charge is 2.55. The average molecular weight is 252 g/mol. The molecule has 1 aromatic carbocycles. The molecule has 0 amide bonds. The maximum Gasteiger partial charge on any atom is 0.252 e. The number of alkyl halides is 2. The van der Waals surface area contributed by atoms with Crippen LogP contribution in [0, 0.1) is 0 Å². The molecule has 0 bridgehead atoms. The van der Waals surface area contributed by atoms with Gasteiger partial charge >= 0.3 is 0 Å². The fraction of sp³-hybridized carbons (Fsp3) is 0.400. The van der Waals surface area contributed by atoms with Crippen LogP contribution in [0.5, 0.6) is 0 Å². The van der Waals surface area contributed by atoms with E-state index in [1.165, 1.54) is 6.07 Å². The lowest BCUT2D eigenvalue weighted by Crippen LogP contribution is -2.55. The second-order valence-electron chi connectivity index (χ2n) is 3.99. The fourth-order valence-corrected chi connectivity index (χ4v) is 2.55. The summed E-state index contributed by atoms with van der Waals surface area (Å²) in [4.78, 5) is 0. The normalized spacial score (nSPS) is 22.2. The lowest BCUT2D eigenvalue weighted by atomic mass is 9.70. The summed E-state index contributed by atoms with van der Waals surface area (Å²) in [5.41, 5.74) is 5.38. The van der Waals surface area contributed by atoms with Crippen molar-refractivity contribution in [3.05, 3.63) is 33.8 Å². The van der Waals surface area contributed by atoms with Crippen molar-refractivity contribution in [3.63, 3.8) is 0 Å². The predicted molar refractivity (Wildman–Crippen MR) is 56.5 cm³/mol. The van der Waals surface area contributed by atoms with Gasteiger partial charge in [-0.1, -0.05) is 29.3 Å². The van der Waals surface area contributed by atoms with E-state index in [1.807, 2.05) is 0 Å². The minimum Gasteiger partial charge on any atom is -0.321 e. The van der Waals surface area contributed by atoms with Gasteiger partial charge in [-0.2, -0.15) is 0 Å². The molecule has 0 aliphatic heterocycles. The van der Waals surface area contributed by atoms with Crippen LogP contribution in [-0.2, 0) is 5.54 Å². The Balaban J connectivity index is 2.32. The van der Waals surface area contributed by atoms with E-state index in [0.717, 1.165) is 0 Å². The molecule has 2 rings (SSSR count). The molecule has 1 aromatic rings. The smallest absolute Gasteiger partial charge is 0.252 e. The van der Waals surface area contributed by atoms with Gasteiger partial charge in [-0.05, 0) is 17.7 Å². The predicted octanol–water partition coefficient (Wildman–Crippen LogP) is 3.58. The first-order valence-electron chi connectivity index (χ1n) is 4.45. The van der Waals surface area contributed by atoms with E-state index < -0.39 is 11.5 Å². The molecule has 82 valence electrons. The van der Waals surface area contributed by atoms with Crippen molar-refractivity contribution in [2.24, 2.45) is 5.73 Å². The van der Waals surface area contributed by atoms with E-state index in [4.69, 9.17) is 28.9 Å². The monoisotopic (exact) mass is 251 g/mol. The van der Waals surface area contributed by atoms with Crippen molar-refractivity contribution in [3.8, 4) is 0 Å². The number of hydrogen-bond acceptors (Lipinski definition) is 1. The highest BCUT2D eigenvalue weighted by Crippen LogP contribution is 2.51. The van der Waals surface area contributed by atoms with Gasteiger partial charge in [-0.3, -0.25) is 0 Å². The minimum atomic E-state index is -2.67. The van der Waals surface area contributed by atoms with E-state index in [1.54, 1.807) is 12.1 Å². The third-order valence-corrected chi connectivity index (χ3v) is 3.16. The summed E-state index contributed by atoms with van der Waals surface area (Å²) < 4.78 is 25.6. The van der Waals surface area contributed by atoms with Crippen molar-refractivity contribution in [2.75, 3.05) is 0 Å². The Morgan fingerprint density at radius 1 is 1.20 bits per heavy atom. The molecular weight excluding hydrogens is 243 g/mol. The number of nitrogens with two attached hydrogens (primary N) is 1. The maximum atomic E-state index is 12.8. The molecule has 1 nitrogen and oxygen atoms in total. The zero-order valence-electron chi connectivity index (χ0n) is 7.74. The molecule has 0 spiro atoms. The molecule has 5 heteroatoms. The van der Waals surface area contributed by atoms with Crippen molar-refractivity contribution in [1.82, 2.24) is 0 Å². The molecule has 1 fully saturated rings. The molecule has 15 heavy (non-hydrogen) atoms. The maximum absolute atomic E-state index is 12.8. The Morgan fingerprint density at radius 2 is 1.80 bits per heavy atom. The first kappa shape index (κ1) is 11.1. The Labute approximate surface area is 96.2 Å². The van der Waals surface area contributed by atoms with E-state index in [-0.39, 0.29) is 12.8 Å². The minimum absolute atomic E-state index is 0.348. The van der Waals surface area contributed by atoms with E-state index in [0.29, 0.717) is 15.6 Å². The molecule has 0 radical (unpaired) electrons. The van der Waals surface area contributed by atoms with Gasteiger partial charge in [0.25, 0.3) is 5.92 Å². The second kappa shape index (κ2) is 3.30. The third kappa shape index (κ3) is 1.96. The van der Waals surface area contributed by atoms with E-state index >= 15 is 0 Å². The molecule has 2 N–H and O–H groups in total. The van der Waals surface area contributed by atoms with Crippen LogP contribution in [-0.4, -0.2) is 5.92 Å². The Bertz CT molecular complexity index is 398. The van der Waals surface area contributed by atoms with Crippen LogP contribution in [0.2, 0.25) is 10.0 Å². The summed E-state index contributed by atoms with van der Waals surface area (Å²) in [5.74, 6) is -2.67. The summed E-state index contributed by atoms with van der Waals surface area (Å²) in [6.45, 7) is 0. The fourth-order valence-electron chi connectivity index (χ4n) is 1.95. The summed E-state index contributed by atoms with van der Waals surface area (Å²) in [6.07, 6.45) is -0.720. The number of halogens is 4. The second-order valence-corrected chi connectivity index (χ2v) is 4.83. The number of rotatable bonds is 1. The van der Waals surface area contributed by atoms with Crippen molar-refractivity contribution in [1.29, 1.82) is 0 Å². The quantitative estimate of drug-likeness (QED) is 0.812. The Kier molecular flexibility index (Phi) is 2.45. The standard InChI is InChI=1S/C10H9Cl2F2N/c11-6-1-2-7(8(12)3-6)9(15)4-10(13,14)5-9/h1-3H,4-5,15H2.